The van der Waals surface area contributed by atoms with Crippen molar-refractivity contribution in [1.29, 1.82) is 0 Å². The van der Waals surface area contributed by atoms with Crippen molar-refractivity contribution in [2.24, 2.45) is 0 Å². The van der Waals surface area contributed by atoms with Crippen LogP contribution in [0.15, 0.2) is 36.4 Å². The molecule has 2 aromatic rings. The first kappa shape index (κ1) is 12.6. The average molecular weight is 268 g/mol. The molecule has 0 bridgehead atoms. The van der Waals surface area contributed by atoms with E-state index in [-0.39, 0.29) is 5.91 Å². The van der Waals surface area contributed by atoms with Gasteiger partial charge in [0.2, 0.25) is 5.91 Å². The second-order valence-electron chi connectivity index (χ2n) is 4.75. The Hall–Kier alpha value is -2.43. The zero-order valence-electron chi connectivity index (χ0n) is 11.1. The summed E-state index contributed by atoms with van der Waals surface area (Å²) < 4.78 is 2.08. The van der Waals surface area contributed by atoms with Crippen LogP contribution in [-0.4, -0.2) is 20.7 Å². The van der Waals surface area contributed by atoms with Crippen LogP contribution >= 0.6 is 0 Å². The highest BCUT2D eigenvalue weighted by molar-refractivity contribution is 5.91. The third-order valence-electron chi connectivity index (χ3n) is 3.33. The molecule has 5 nitrogen and oxygen atoms in total. The molecule has 102 valence electrons. The molecule has 2 heterocycles. The number of amides is 1. The molecule has 1 aliphatic heterocycles. The Morgan fingerprint density at radius 2 is 2.15 bits per heavy atom. The van der Waals surface area contributed by atoms with Crippen molar-refractivity contribution in [2.75, 3.05) is 0 Å². The van der Waals surface area contributed by atoms with Crippen LogP contribution in [0.3, 0.4) is 0 Å². The third kappa shape index (κ3) is 2.77. The predicted molar refractivity (Wildman–Crippen MR) is 75.7 cm³/mol. The number of carbonyl (C=O) groups is 1. The number of hydrogen-bond acceptors (Lipinski definition) is 3. The maximum atomic E-state index is 11.8. The number of fused-ring (bicyclic) bond motifs is 1. The van der Waals surface area contributed by atoms with Crippen LogP contribution in [0.1, 0.15) is 23.6 Å². The first-order valence-electron chi connectivity index (χ1n) is 6.75. The lowest BCUT2D eigenvalue weighted by Gasteiger charge is -2.03. The van der Waals surface area contributed by atoms with Crippen molar-refractivity contribution >= 4 is 12.0 Å². The van der Waals surface area contributed by atoms with E-state index in [0.29, 0.717) is 6.54 Å². The molecule has 0 atom stereocenters. The number of nitrogens with zero attached hydrogens (tertiary/aromatic N) is 3. The van der Waals surface area contributed by atoms with E-state index in [1.165, 1.54) is 6.08 Å². The topological polar surface area (TPSA) is 59.8 Å². The quantitative estimate of drug-likeness (QED) is 0.856. The normalized spacial score (nSPS) is 13.6. The zero-order valence-corrected chi connectivity index (χ0v) is 11.1. The van der Waals surface area contributed by atoms with E-state index in [2.05, 4.69) is 20.1 Å². The molecule has 0 unspecified atom stereocenters. The van der Waals surface area contributed by atoms with Crippen LogP contribution in [0.2, 0.25) is 0 Å². The van der Waals surface area contributed by atoms with E-state index in [0.717, 1.165) is 36.6 Å². The van der Waals surface area contributed by atoms with Crippen LogP contribution < -0.4 is 5.32 Å². The third-order valence-corrected chi connectivity index (χ3v) is 3.33. The van der Waals surface area contributed by atoms with Gasteiger partial charge in [-0.15, -0.1) is 10.2 Å². The summed E-state index contributed by atoms with van der Waals surface area (Å²) in [5.41, 5.74) is 1.01. The number of rotatable bonds is 4. The predicted octanol–water partition coefficient (Wildman–Crippen LogP) is 1.55. The summed E-state index contributed by atoms with van der Waals surface area (Å²) in [6.45, 7) is 1.37. The Morgan fingerprint density at radius 1 is 1.30 bits per heavy atom. The highest BCUT2D eigenvalue weighted by atomic mass is 16.1. The second-order valence-corrected chi connectivity index (χ2v) is 4.75. The minimum absolute atomic E-state index is 0.121. The molecule has 1 aliphatic rings. The van der Waals surface area contributed by atoms with Gasteiger partial charge in [0, 0.05) is 19.0 Å². The molecule has 1 amide bonds. The van der Waals surface area contributed by atoms with Gasteiger partial charge in [0.05, 0.1) is 6.54 Å². The molecular formula is C15H16N4O. The summed E-state index contributed by atoms with van der Waals surface area (Å²) in [6.07, 6.45) is 5.43. The Kier molecular flexibility index (Phi) is 3.58. The van der Waals surface area contributed by atoms with Gasteiger partial charge in [-0.1, -0.05) is 30.3 Å². The Balaban J connectivity index is 1.56. The van der Waals surface area contributed by atoms with Crippen molar-refractivity contribution in [3.63, 3.8) is 0 Å². The number of aromatic nitrogens is 3. The maximum Gasteiger partial charge on any atom is 0.244 e. The first-order valence-corrected chi connectivity index (χ1v) is 6.75. The van der Waals surface area contributed by atoms with Crippen LogP contribution in [0.4, 0.5) is 0 Å². The summed E-state index contributed by atoms with van der Waals surface area (Å²) in [4.78, 5) is 11.8. The van der Waals surface area contributed by atoms with Crippen molar-refractivity contribution in [3.05, 3.63) is 53.6 Å². The molecule has 0 spiro atoms. The van der Waals surface area contributed by atoms with Gasteiger partial charge in [-0.25, -0.2) is 0 Å². The molecule has 0 saturated carbocycles. The molecule has 3 rings (SSSR count). The smallest absolute Gasteiger partial charge is 0.244 e. The SMILES string of the molecule is O=C(C=Cc1ccccc1)NCc1nnc2n1CCC2. The molecular weight excluding hydrogens is 252 g/mol. The minimum Gasteiger partial charge on any atom is -0.345 e. The van der Waals surface area contributed by atoms with E-state index in [9.17, 15) is 4.79 Å². The van der Waals surface area contributed by atoms with E-state index in [4.69, 9.17) is 0 Å². The van der Waals surface area contributed by atoms with Gasteiger partial charge in [0.1, 0.15) is 5.82 Å². The summed E-state index contributed by atoms with van der Waals surface area (Å²) in [5.74, 6) is 1.73. The molecule has 1 aromatic heterocycles. The maximum absolute atomic E-state index is 11.8. The first-order chi connectivity index (χ1) is 9.83. The van der Waals surface area contributed by atoms with E-state index < -0.39 is 0 Å². The van der Waals surface area contributed by atoms with Crippen LogP contribution in [-0.2, 0) is 24.3 Å². The van der Waals surface area contributed by atoms with Crippen molar-refractivity contribution in [2.45, 2.75) is 25.9 Å². The minimum atomic E-state index is -0.121. The highest BCUT2D eigenvalue weighted by Crippen LogP contribution is 2.13. The van der Waals surface area contributed by atoms with Crippen LogP contribution in [0.25, 0.3) is 6.08 Å². The van der Waals surface area contributed by atoms with Gasteiger partial charge < -0.3 is 9.88 Å². The van der Waals surface area contributed by atoms with Gasteiger partial charge in [-0.2, -0.15) is 0 Å². The number of nitrogens with one attached hydrogen (secondary N) is 1. The second kappa shape index (κ2) is 5.69. The fourth-order valence-electron chi connectivity index (χ4n) is 2.30. The van der Waals surface area contributed by atoms with Gasteiger partial charge in [-0.05, 0) is 18.1 Å². The number of hydrogen-bond donors (Lipinski definition) is 1. The van der Waals surface area contributed by atoms with Gasteiger partial charge in [0.15, 0.2) is 5.82 Å². The lowest BCUT2D eigenvalue weighted by molar-refractivity contribution is -0.116. The molecule has 0 fully saturated rings. The molecule has 1 N–H and O–H groups in total. The fourth-order valence-corrected chi connectivity index (χ4v) is 2.30. The Bertz CT molecular complexity index is 631. The Labute approximate surface area is 117 Å². The molecule has 0 radical (unpaired) electrons. The fraction of sp³-hybridized carbons (Fsp3) is 0.267. The molecule has 1 aromatic carbocycles. The summed E-state index contributed by atoms with van der Waals surface area (Å²) in [6, 6.07) is 9.74. The van der Waals surface area contributed by atoms with Gasteiger partial charge in [-0.3, -0.25) is 4.79 Å². The lowest BCUT2D eigenvalue weighted by atomic mass is 10.2. The van der Waals surface area contributed by atoms with Crippen molar-refractivity contribution < 1.29 is 4.79 Å². The molecule has 20 heavy (non-hydrogen) atoms. The van der Waals surface area contributed by atoms with Crippen molar-refractivity contribution in [3.8, 4) is 0 Å². The summed E-state index contributed by atoms with van der Waals surface area (Å²) in [5, 5.41) is 11.1. The zero-order chi connectivity index (χ0) is 13.8. The van der Waals surface area contributed by atoms with E-state index in [1.807, 2.05) is 30.3 Å². The Morgan fingerprint density at radius 3 is 3.00 bits per heavy atom. The molecule has 0 saturated heterocycles. The number of carbonyl (C=O) groups excluding carboxylic acids is 1. The summed E-state index contributed by atoms with van der Waals surface area (Å²) >= 11 is 0. The highest BCUT2D eigenvalue weighted by Gasteiger charge is 2.16. The average Bonchev–Trinajstić information content (AvgIpc) is 3.07. The summed E-state index contributed by atoms with van der Waals surface area (Å²) in [7, 11) is 0. The number of aryl methyl sites for hydroxylation is 1. The van der Waals surface area contributed by atoms with E-state index >= 15 is 0 Å². The largest absolute Gasteiger partial charge is 0.345 e. The van der Waals surface area contributed by atoms with Crippen molar-refractivity contribution in [1.82, 2.24) is 20.1 Å². The molecule has 0 aliphatic carbocycles. The van der Waals surface area contributed by atoms with Crippen LogP contribution in [0, 0.1) is 0 Å². The van der Waals surface area contributed by atoms with Crippen LogP contribution in [0.5, 0.6) is 0 Å². The lowest BCUT2D eigenvalue weighted by Crippen LogP contribution is -2.22. The van der Waals surface area contributed by atoms with E-state index in [1.54, 1.807) is 6.08 Å². The monoisotopic (exact) mass is 268 g/mol. The van der Waals surface area contributed by atoms with Gasteiger partial charge >= 0.3 is 0 Å². The number of benzene rings is 1. The standard InChI is InChI=1S/C15H16N4O/c20-15(9-8-12-5-2-1-3-6-12)16-11-14-18-17-13-7-4-10-19(13)14/h1-3,5-6,8-9H,4,7,10-11H2,(H,16,20). The molecule has 5 heteroatoms. The van der Waals surface area contributed by atoms with Gasteiger partial charge in [0.25, 0.3) is 0 Å².